The third-order valence-corrected chi connectivity index (χ3v) is 5.24. The Hall–Kier alpha value is -3.21. The number of benzene rings is 2. The Morgan fingerprint density at radius 3 is 2.48 bits per heavy atom. The fraction of sp³-hybridized carbons (Fsp3) is 0.278. The first-order valence-corrected chi connectivity index (χ1v) is 10.3. The van der Waals surface area contributed by atoms with Gasteiger partial charge in [0.1, 0.15) is 17.6 Å². The number of methoxy groups -OCH3 is 1. The van der Waals surface area contributed by atoms with Crippen LogP contribution in [-0.4, -0.2) is 38.7 Å². The predicted molar refractivity (Wildman–Crippen MR) is 106 cm³/mol. The van der Waals surface area contributed by atoms with Crippen molar-refractivity contribution < 1.29 is 27.3 Å². The highest BCUT2D eigenvalue weighted by Crippen LogP contribution is 2.31. The summed E-state index contributed by atoms with van der Waals surface area (Å²) in [5.74, 6) is -1.45. The molecule has 0 radical (unpaired) electrons. The zero-order chi connectivity index (χ0) is 21.8. The lowest BCUT2D eigenvalue weighted by atomic mass is 10.1. The second-order valence-corrected chi connectivity index (χ2v) is 7.92. The molecule has 0 fully saturated rings. The van der Waals surface area contributed by atoms with Crippen LogP contribution in [0.4, 0.5) is 21.5 Å². The molecule has 11 heteroatoms. The number of nitro groups is 1. The average molecular weight is 425 g/mol. The lowest BCUT2D eigenvalue weighted by Gasteiger charge is -2.30. The van der Waals surface area contributed by atoms with Gasteiger partial charge in [0.2, 0.25) is 15.9 Å². The van der Waals surface area contributed by atoms with Crippen molar-refractivity contribution in [1.82, 2.24) is 0 Å². The van der Waals surface area contributed by atoms with Crippen molar-refractivity contribution in [2.75, 3.05) is 23.0 Å². The summed E-state index contributed by atoms with van der Waals surface area (Å²) in [7, 11) is -2.72. The molecule has 0 spiro atoms. The summed E-state index contributed by atoms with van der Waals surface area (Å²) < 4.78 is 44.8. The van der Waals surface area contributed by atoms with Crippen molar-refractivity contribution in [3.05, 3.63) is 58.4 Å². The van der Waals surface area contributed by atoms with E-state index in [1.165, 1.54) is 37.4 Å². The van der Waals surface area contributed by atoms with E-state index < -0.39 is 32.7 Å². The summed E-state index contributed by atoms with van der Waals surface area (Å²) in [6.07, 6.45) is 0.883. The standard InChI is InChI=1S/C18H20FN3O6S/c1-4-15(21(29(3,26)27)16-8-6-5-7-13(16)19)18(23)20-14-11-12(22(24)25)9-10-17(14)28-2/h5-11,15H,4H2,1-3H3,(H,20,23)/t15-/m0/s1. The number of amides is 1. The summed E-state index contributed by atoms with van der Waals surface area (Å²) in [4.78, 5) is 23.3. The Balaban J connectivity index is 2.47. The predicted octanol–water partition coefficient (Wildman–Crippen LogP) is 2.93. The van der Waals surface area contributed by atoms with Crippen LogP contribution < -0.4 is 14.4 Å². The molecule has 1 amide bonds. The molecule has 2 aromatic carbocycles. The van der Waals surface area contributed by atoms with Gasteiger partial charge in [-0.3, -0.25) is 19.2 Å². The molecule has 1 atom stereocenters. The minimum Gasteiger partial charge on any atom is -0.495 e. The summed E-state index contributed by atoms with van der Waals surface area (Å²) in [5, 5.41) is 13.5. The van der Waals surface area contributed by atoms with E-state index in [0.29, 0.717) is 4.31 Å². The molecule has 0 bridgehead atoms. The molecule has 29 heavy (non-hydrogen) atoms. The van der Waals surface area contributed by atoms with Gasteiger partial charge in [0, 0.05) is 12.1 Å². The van der Waals surface area contributed by atoms with Crippen LogP contribution in [0, 0.1) is 15.9 Å². The normalized spacial score (nSPS) is 12.1. The maximum atomic E-state index is 14.3. The number of sulfonamides is 1. The quantitative estimate of drug-likeness (QED) is 0.513. The number of nitrogens with one attached hydrogen (secondary N) is 1. The fourth-order valence-corrected chi connectivity index (χ4v) is 4.00. The summed E-state index contributed by atoms with van der Waals surface area (Å²) in [6.45, 7) is 1.56. The third kappa shape index (κ3) is 4.99. The highest BCUT2D eigenvalue weighted by Gasteiger charge is 2.33. The molecule has 0 unspecified atom stereocenters. The number of ether oxygens (including phenoxy) is 1. The number of nitro benzene ring substituents is 1. The molecule has 0 aliphatic rings. The van der Waals surface area contributed by atoms with E-state index in [4.69, 9.17) is 4.74 Å². The first kappa shape index (κ1) is 22.1. The SMILES string of the molecule is CC[C@@H](C(=O)Nc1cc([N+](=O)[O-])ccc1OC)N(c1ccccc1F)S(C)(=O)=O. The average Bonchev–Trinajstić information content (AvgIpc) is 2.65. The van der Waals surface area contributed by atoms with Crippen molar-refractivity contribution in [2.45, 2.75) is 19.4 Å². The van der Waals surface area contributed by atoms with E-state index in [1.54, 1.807) is 6.92 Å². The Bertz CT molecular complexity index is 1030. The number of rotatable bonds is 8. The van der Waals surface area contributed by atoms with Gasteiger partial charge < -0.3 is 10.1 Å². The highest BCUT2D eigenvalue weighted by molar-refractivity contribution is 7.92. The minimum absolute atomic E-state index is 0.00728. The maximum absolute atomic E-state index is 14.3. The Morgan fingerprint density at radius 2 is 1.97 bits per heavy atom. The minimum atomic E-state index is -4.03. The molecule has 9 nitrogen and oxygen atoms in total. The van der Waals surface area contributed by atoms with Gasteiger partial charge in [0.25, 0.3) is 5.69 Å². The monoisotopic (exact) mass is 425 g/mol. The summed E-state index contributed by atoms with van der Waals surface area (Å²) >= 11 is 0. The number of hydrogen-bond acceptors (Lipinski definition) is 6. The lowest BCUT2D eigenvalue weighted by Crippen LogP contribution is -2.47. The van der Waals surface area contributed by atoms with E-state index in [1.807, 2.05) is 0 Å². The molecule has 0 saturated carbocycles. The van der Waals surface area contributed by atoms with Crippen LogP contribution >= 0.6 is 0 Å². The van der Waals surface area contributed by atoms with Crippen LogP contribution in [0.2, 0.25) is 0 Å². The van der Waals surface area contributed by atoms with Gasteiger partial charge >= 0.3 is 0 Å². The Morgan fingerprint density at radius 1 is 1.31 bits per heavy atom. The third-order valence-electron chi connectivity index (χ3n) is 4.07. The largest absolute Gasteiger partial charge is 0.495 e. The summed E-state index contributed by atoms with van der Waals surface area (Å²) in [6, 6.07) is 7.48. The number of carbonyl (C=O) groups excluding carboxylic acids is 1. The van der Waals surface area contributed by atoms with E-state index in [-0.39, 0.29) is 29.2 Å². The molecule has 0 heterocycles. The van der Waals surface area contributed by atoms with Crippen LogP contribution in [0.3, 0.4) is 0 Å². The number of anilines is 2. The van der Waals surface area contributed by atoms with E-state index in [2.05, 4.69) is 5.32 Å². The molecule has 0 aliphatic heterocycles. The molecule has 0 aliphatic carbocycles. The molecule has 2 rings (SSSR count). The molecule has 0 saturated heterocycles. The van der Waals surface area contributed by atoms with E-state index in [0.717, 1.165) is 18.4 Å². The van der Waals surface area contributed by atoms with Crippen LogP contribution in [-0.2, 0) is 14.8 Å². The van der Waals surface area contributed by atoms with Crippen molar-refractivity contribution in [3.8, 4) is 5.75 Å². The smallest absolute Gasteiger partial charge is 0.271 e. The van der Waals surface area contributed by atoms with Gasteiger partial charge in [0.15, 0.2) is 0 Å². The lowest BCUT2D eigenvalue weighted by molar-refractivity contribution is -0.384. The first-order valence-electron chi connectivity index (χ1n) is 8.47. The van der Waals surface area contributed by atoms with Gasteiger partial charge in [-0.25, -0.2) is 12.8 Å². The topological polar surface area (TPSA) is 119 Å². The van der Waals surface area contributed by atoms with Crippen LogP contribution in [0.25, 0.3) is 0 Å². The molecular weight excluding hydrogens is 405 g/mol. The van der Waals surface area contributed by atoms with Crippen molar-refractivity contribution >= 4 is 33.0 Å². The van der Waals surface area contributed by atoms with Crippen molar-refractivity contribution in [2.24, 2.45) is 0 Å². The number of nitrogens with zero attached hydrogens (tertiary/aromatic N) is 2. The molecule has 2 aromatic rings. The fourth-order valence-electron chi connectivity index (χ4n) is 2.79. The van der Waals surface area contributed by atoms with Gasteiger partial charge in [-0.05, 0) is 24.6 Å². The van der Waals surface area contributed by atoms with Crippen molar-refractivity contribution in [3.63, 3.8) is 0 Å². The Labute approximate surface area is 167 Å². The molecule has 1 N–H and O–H groups in total. The van der Waals surface area contributed by atoms with Crippen molar-refractivity contribution in [1.29, 1.82) is 0 Å². The van der Waals surface area contributed by atoms with E-state index in [9.17, 15) is 27.7 Å². The van der Waals surface area contributed by atoms with E-state index >= 15 is 0 Å². The number of hydrogen-bond donors (Lipinski definition) is 1. The van der Waals surface area contributed by atoms with Gasteiger partial charge in [0.05, 0.1) is 29.7 Å². The number of carbonyl (C=O) groups is 1. The van der Waals surface area contributed by atoms with Gasteiger partial charge in [-0.15, -0.1) is 0 Å². The van der Waals surface area contributed by atoms with Crippen LogP contribution in [0.1, 0.15) is 13.3 Å². The Kier molecular flexibility index (Phi) is 6.75. The van der Waals surface area contributed by atoms with Crippen LogP contribution in [0.5, 0.6) is 5.75 Å². The van der Waals surface area contributed by atoms with Gasteiger partial charge in [-0.1, -0.05) is 19.1 Å². The number of halogens is 1. The summed E-state index contributed by atoms with van der Waals surface area (Å²) in [5.41, 5.74) is -0.571. The zero-order valence-electron chi connectivity index (χ0n) is 16.0. The number of para-hydroxylation sites is 1. The highest BCUT2D eigenvalue weighted by atomic mass is 32.2. The first-order chi connectivity index (χ1) is 13.6. The zero-order valence-corrected chi connectivity index (χ0v) is 16.8. The van der Waals surface area contributed by atoms with Crippen LogP contribution in [0.15, 0.2) is 42.5 Å². The second kappa shape index (κ2) is 8.86. The van der Waals surface area contributed by atoms with Gasteiger partial charge in [-0.2, -0.15) is 0 Å². The molecule has 0 aromatic heterocycles. The second-order valence-electron chi connectivity index (χ2n) is 6.07. The molecule has 156 valence electrons. The maximum Gasteiger partial charge on any atom is 0.271 e. The number of non-ortho nitro benzene ring substituents is 1. The molecular formula is C18H20FN3O6S.